The van der Waals surface area contributed by atoms with Gasteiger partial charge in [0, 0.05) is 26.0 Å². The fourth-order valence-electron chi connectivity index (χ4n) is 2.37. The molecule has 2 heterocycles. The smallest absolute Gasteiger partial charge is 0.182 e. The molecule has 25 heavy (non-hydrogen) atoms. The summed E-state index contributed by atoms with van der Waals surface area (Å²) in [4.78, 5) is 13.2. The quantitative estimate of drug-likeness (QED) is 0.601. The van der Waals surface area contributed by atoms with Gasteiger partial charge >= 0.3 is 0 Å². The van der Waals surface area contributed by atoms with Crippen molar-refractivity contribution in [1.82, 2.24) is 15.0 Å². The van der Waals surface area contributed by atoms with Crippen LogP contribution in [0.25, 0.3) is 11.5 Å². The molecule has 0 saturated carbocycles. The van der Waals surface area contributed by atoms with Crippen LogP contribution in [0.1, 0.15) is 11.1 Å². The van der Waals surface area contributed by atoms with Gasteiger partial charge in [-0.25, -0.2) is 14.4 Å². The van der Waals surface area contributed by atoms with E-state index >= 15 is 0 Å². The van der Waals surface area contributed by atoms with Crippen LogP contribution in [0.3, 0.4) is 0 Å². The van der Waals surface area contributed by atoms with Crippen LogP contribution in [0, 0.1) is 11.2 Å². The minimum absolute atomic E-state index is 0.292. The van der Waals surface area contributed by atoms with Crippen LogP contribution in [-0.4, -0.2) is 28.2 Å². The van der Waals surface area contributed by atoms with E-state index in [9.17, 15) is 4.39 Å². The highest BCUT2D eigenvalue weighted by Crippen LogP contribution is 2.23. The average Bonchev–Trinajstić information content (AvgIpc) is 2.66. The molecule has 0 radical (unpaired) electrons. The molecule has 0 fully saturated rings. The summed E-state index contributed by atoms with van der Waals surface area (Å²) in [7, 11) is 1.73. The van der Waals surface area contributed by atoms with Crippen molar-refractivity contribution in [1.29, 1.82) is 5.41 Å². The van der Waals surface area contributed by atoms with Crippen LogP contribution in [-0.2, 0) is 6.54 Å². The Morgan fingerprint density at radius 2 is 1.96 bits per heavy atom. The van der Waals surface area contributed by atoms with Crippen LogP contribution in [0.2, 0.25) is 0 Å². The highest BCUT2D eigenvalue weighted by atomic mass is 19.1. The lowest BCUT2D eigenvalue weighted by atomic mass is 10.2. The fourth-order valence-corrected chi connectivity index (χ4v) is 2.37. The molecule has 3 rings (SSSR count). The molecular weight excluding hydrogens is 319 g/mol. The van der Waals surface area contributed by atoms with E-state index in [0.717, 1.165) is 5.56 Å². The number of anilines is 2. The third kappa shape index (κ3) is 3.77. The van der Waals surface area contributed by atoms with Gasteiger partial charge in [0.1, 0.15) is 23.1 Å². The van der Waals surface area contributed by atoms with Crippen LogP contribution < -0.4 is 10.6 Å². The normalized spacial score (nSPS) is 10.3. The van der Waals surface area contributed by atoms with Crippen molar-refractivity contribution in [3.63, 3.8) is 0 Å². The zero-order valence-electron chi connectivity index (χ0n) is 13.6. The van der Waals surface area contributed by atoms with E-state index in [1.54, 1.807) is 19.3 Å². The summed E-state index contributed by atoms with van der Waals surface area (Å²) in [6.45, 7) is 0.375. The van der Waals surface area contributed by atoms with Gasteiger partial charge in [-0.15, -0.1) is 0 Å². The van der Waals surface area contributed by atoms with Crippen LogP contribution in [0.5, 0.6) is 0 Å². The summed E-state index contributed by atoms with van der Waals surface area (Å²) in [5.41, 5.74) is 1.93. The van der Waals surface area contributed by atoms with Crippen LogP contribution >= 0.6 is 0 Å². The summed E-state index contributed by atoms with van der Waals surface area (Å²) in [5.74, 6) is 1.16. The van der Waals surface area contributed by atoms with E-state index in [1.807, 2.05) is 24.3 Å². The maximum atomic E-state index is 13.3. The molecule has 0 atom stereocenters. The molecule has 6 nitrogen and oxygen atoms in total. The molecule has 0 unspecified atom stereocenters. The lowest BCUT2D eigenvalue weighted by molar-refractivity contribution is 0.626. The number of nitrogens with one attached hydrogen (secondary N) is 3. The fraction of sp³-hybridized carbons (Fsp3) is 0.111. The number of hydrogen-bond acceptors (Lipinski definition) is 6. The molecule has 7 heteroatoms. The molecule has 0 spiro atoms. The van der Waals surface area contributed by atoms with E-state index < -0.39 is 0 Å². The summed E-state index contributed by atoms with van der Waals surface area (Å²) >= 11 is 0. The first-order chi connectivity index (χ1) is 12.2. The summed E-state index contributed by atoms with van der Waals surface area (Å²) in [5, 5.41) is 13.8. The van der Waals surface area contributed by atoms with Crippen molar-refractivity contribution in [3.05, 3.63) is 65.6 Å². The molecule has 126 valence electrons. The monoisotopic (exact) mass is 336 g/mol. The predicted octanol–water partition coefficient (Wildman–Crippen LogP) is 3.33. The number of pyridine rings is 1. The van der Waals surface area contributed by atoms with Gasteiger partial charge in [0.2, 0.25) is 0 Å². The van der Waals surface area contributed by atoms with E-state index in [0.29, 0.717) is 35.3 Å². The molecule has 3 N–H and O–H groups in total. The van der Waals surface area contributed by atoms with Gasteiger partial charge in [-0.3, -0.25) is 4.98 Å². The molecule has 0 aliphatic rings. The first-order valence-electron chi connectivity index (χ1n) is 7.71. The van der Waals surface area contributed by atoms with Crippen molar-refractivity contribution >= 4 is 17.9 Å². The Balaban J connectivity index is 1.97. The maximum absolute atomic E-state index is 13.3. The lowest BCUT2D eigenvalue weighted by Crippen LogP contribution is -2.10. The van der Waals surface area contributed by atoms with Gasteiger partial charge in [-0.05, 0) is 29.8 Å². The molecule has 0 aliphatic carbocycles. The van der Waals surface area contributed by atoms with E-state index in [2.05, 4.69) is 25.6 Å². The third-order valence-electron chi connectivity index (χ3n) is 3.57. The number of benzene rings is 1. The zero-order valence-corrected chi connectivity index (χ0v) is 13.6. The second kappa shape index (κ2) is 7.48. The second-order valence-corrected chi connectivity index (χ2v) is 5.25. The van der Waals surface area contributed by atoms with Crippen LogP contribution in [0.4, 0.5) is 16.0 Å². The Labute approximate surface area is 144 Å². The molecule has 0 saturated heterocycles. The SMILES string of the molecule is CNc1nc(-c2ccccn2)nc(NCc2cccc(F)c2)c1C=N. The molecule has 2 aromatic heterocycles. The number of rotatable bonds is 6. The minimum atomic E-state index is -0.292. The summed E-state index contributed by atoms with van der Waals surface area (Å²) < 4.78 is 13.3. The third-order valence-corrected chi connectivity index (χ3v) is 3.57. The summed E-state index contributed by atoms with van der Waals surface area (Å²) in [6, 6.07) is 11.8. The minimum Gasteiger partial charge on any atom is -0.372 e. The van der Waals surface area contributed by atoms with Crippen molar-refractivity contribution in [2.24, 2.45) is 0 Å². The first-order valence-corrected chi connectivity index (χ1v) is 7.71. The number of halogens is 1. The van der Waals surface area contributed by atoms with Crippen molar-refractivity contribution < 1.29 is 4.39 Å². The lowest BCUT2D eigenvalue weighted by Gasteiger charge is -2.13. The van der Waals surface area contributed by atoms with E-state index in [-0.39, 0.29) is 5.82 Å². The largest absolute Gasteiger partial charge is 0.372 e. The molecule has 3 aromatic rings. The Hall–Kier alpha value is -3.35. The molecule has 0 aliphatic heterocycles. The van der Waals surface area contributed by atoms with Gasteiger partial charge in [0.25, 0.3) is 0 Å². The second-order valence-electron chi connectivity index (χ2n) is 5.25. The topological polar surface area (TPSA) is 86.6 Å². The Morgan fingerprint density at radius 3 is 2.64 bits per heavy atom. The first kappa shape index (κ1) is 16.5. The van der Waals surface area contributed by atoms with E-state index in [1.165, 1.54) is 18.3 Å². The molecule has 0 amide bonds. The van der Waals surface area contributed by atoms with Crippen LogP contribution in [0.15, 0.2) is 48.7 Å². The zero-order chi connectivity index (χ0) is 17.6. The van der Waals surface area contributed by atoms with Gasteiger partial charge in [0.05, 0.1) is 5.56 Å². The Kier molecular flexibility index (Phi) is 4.94. The van der Waals surface area contributed by atoms with Gasteiger partial charge in [-0.2, -0.15) is 0 Å². The molecule has 1 aromatic carbocycles. The van der Waals surface area contributed by atoms with Gasteiger partial charge < -0.3 is 16.0 Å². The number of nitrogens with zero attached hydrogens (tertiary/aromatic N) is 3. The van der Waals surface area contributed by atoms with Crippen molar-refractivity contribution in [3.8, 4) is 11.5 Å². The standard InChI is InChI=1S/C18H17FN6/c1-21-16-14(10-20)17(23-11-12-5-4-6-13(19)9-12)25-18(24-16)15-7-2-3-8-22-15/h2-10,20H,11H2,1H3,(H2,21,23,24,25). The highest BCUT2D eigenvalue weighted by molar-refractivity contribution is 5.91. The van der Waals surface area contributed by atoms with E-state index in [4.69, 9.17) is 5.41 Å². The average molecular weight is 336 g/mol. The van der Waals surface area contributed by atoms with Gasteiger partial charge in [-0.1, -0.05) is 18.2 Å². The van der Waals surface area contributed by atoms with Crippen molar-refractivity contribution in [2.45, 2.75) is 6.54 Å². The number of aromatic nitrogens is 3. The number of hydrogen-bond donors (Lipinski definition) is 3. The molecule has 0 bridgehead atoms. The summed E-state index contributed by atoms with van der Waals surface area (Å²) in [6.07, 6.45) is 2.85. The Bertz CT molecular complexity index is 882. The maximum Gasteiger partial charge on any atom is 0.182 e. The Morgan fingerprint density at radius 1 is 1.12 bits per heavy atom. The van der Waals surface area contributed by atoms with Gasteiger partial charge in [0.15, 0.2) is 5.82 Å². The van der Waals surface area contributed by atoms with Crippen molar-refractivity contribution in [2.75, 3.05) is 17.7 Å². The predicted molar refractivity (Wildman–Crippen MR) is 96.4 cm³/mol. The molecular formula is C18H17FN6. The highest BCUT2D eigenvalue weighted by Gasteiger charge is 2.14.